The summed E-state index contributed by atoms with van der Waals surface area (Å²) in [6.07, 6.45) is 0. The number of nitrogens with zero attached hydrogens (tertiary/aromatic N) is 4. The zero-order valence-electron chi connectivity index (χ0n) is 27.2. The number of carboxylic acids is 8. The first kappa shape index (κ1) is 63.0. The fourth-order valence-corrected chi connectivity index (χ4v) is 2.95. The maximum absolute atomic E-state index is 10.6. The molecule has 305 valence electrons. The van der Waals surface area contributed by atoms with Gasteiger partial charge in [0.1, 0.15) is 0 Å². The van der Waals surface area contributed by atoms with E-state index in [1.165, 1.54) is 0 Å². The smallest absolute Gasteiger partial charge is 0.480 e. The second kappa shape index (κ2) is 41.4. The first-order valence-electron chi connectivity index (χ1n) is 13.7. The molecule has 0 aromatic carbocycles. The summed E-state index contributed by atoms with van der Waals surface area (Å²) < 4.78 is 0. The third-order valence-electron chi connectivity index (χ3n) is 4.67. The van der Waals surface area contributed by atoms with E-state index in [-0.39, 0.29) is 76.2 Å². The molecule has 0 unspecified atom stereocenters. The predicted octanol–water partition coefficient (Wildman–Crippen LogP) is -6.34. The van der Waals surface area contributed by atoms with Crippen LogP contribution in [-0.4, -0.2) is 213 Å². The van der Waals surface area contributed by atoms with Crippen LogP contribution in [0.5, 0.6) is 0 Å². The van der Waals surface area contributed by atoms with Crippen LogP contribution in [0.25, 0.3) is 0 Å². The average Bonchev–Trinajstić information content (AvgIpc) is 2.92. The van der Waals surface area contributed by atoms with Gasteiger partial charge in [0.25, 0.3) is 0 Å². The van der Waals surface area contributed by atoms with Crippen molar-refractivity contribution in [2.24, 2.45) is 22.9 Å². The van der Waals surface area contributed by atoms with Gasteiger partial charge in [-0.1, -0.05) is 0 Å². The number of aliphatic carboxylic acids is 8. The van der Waals surface area contributed by atoms with Crippen LogP contribution >= 0.6 is 0 Å². The minimum atomic E-state index is -1.23. The van der Waals surface area contributed by atoms with Gasteiger partial charge >= 0.3 is 97.8 Å². The first-order chi connectivity index (χ1) is 22.2. The van der Waals surface area contributed by atoms with E-state index >= 15 is 0 Å². The molecule has 0 amide bonds. The van der Waals surface area contributed by atoms with Crippen molar-refractivity contribution >= 4 is 47.8 Å². The molecule has 0 aromatic rings. The van der Waals surface area contributed by atoms with Gasteiger partial charge in [0, 0.05) is 52.4 Å². The molecule has 0 aromatic heterocycles. The van der Waals surface area contributed by atoms with Crippen molar-refractivity contribution in [3.05, 3.63) is 0 Å². The van der Waals surface area contributed by atoms with E-state index in [2.05, 4.69) is 0 Å². The van der Waals surface area contributed by atoms with Crippen molar-refractivity contribution in [3.63, 3.8) is 0 Å². The Balaban J connectivity index is -0.000000119. The molecule has 1 radical (unpaired) electrons. The molecule has 0 saturated carbocycles. The van der Waals surface area contributed by atoms with Crippen molar-refractivity contribution in [2.75, 3.05) is 105 Å². The molecule has 0 atom stereocenters. The molecule has 0 aliphatic rings. The zero-order chi connectivity index (χ0) is 38.2. The predicted molar refractivity (Wildman–Crippen MR) is 163 cm³/mol. The van der Waals surface area contributed by atoms with Crippen LogP contribution in [0.15, 0.2) is 0 Å². The van der Waals surface area contributed by atoms with Gasteiger partial charge in [-0.05, 0) is 0 Å². The molecule has 0 aliphatic carbocycles. The van der Waals surface area contributed by atoms with E-state index in [0.717, 1.165) is 19.6 Å². The SMILES string of the molecule is NCCN.NCCN.O=C(O)CN(CCN(CC(=O)O)CC(=O)O)CC(=O)O.O=C(O)CN(CCN(CC(=O)O)CC(=O)O)CC(=O)O.[Cu+2].[Ni+2].[Ni+2]. The second-order valence-electron chi connectivity index (χ2n) is 9.15. The van der Waals surface area contributed by atoms with E-state index in [1.807, 2.05) is 0 Å². The summed E-state index contributed by atoms with van der Waals surface area (Å²) in [5.74, 6) is -9.82. The Morgan fingerprint density at radius 2 is 0.412 bits per heavy atom. The Labute approximate surface area is 323 Å². The van der Waals surface area contributed by atoms with Crippen LogP contribution in [0, 0.1) is 0 Å². The third kappa shape index (κ3) is 56.6. The summed E-state index contributed by atoms with van der Waals surface area (Å²) in [6.45, 7) is -2.11. The van der Waals surface area contributed by atoms with Crippen LogP contribution in [0.1, 0.15) is 0 Å². The summed E-state index contributed by atoms with van der Waals surface area (Å²) in [4.78, 5) is 88.7. The molecule has 0 bridgehead atoms. The van der Waals surface area contributed by atoms with Gasteiger partial charge in [-0.3, -0.25) is 58.0 Å². The Hall–Kier alpha value is -3.05. The van der Waals surface area contributed by atoms with Crippen molar-refractivity contribution in [1.82, 2.24) is 19.6 Å². The minimum Gasteiger partial charge on any atom is -0.480 e. The van der Waals surface area contributed by atoms with Crippen LogP contribution in [0.3, 0.4) is 0 Å². The van der Waals surface area contributed by atoms with Gasteiger partial charge < -0.3 is 63.8 Å². The maximum atomic E-state index is 10.6. The number of nitrogens with two attached hydrogens (primary N) is 4. The van der Waals surface area contributed by atoms with Gasteiger partial charge in [0.15, 0.2) is 0 Å². The first-order valence-corrected chi connectivity index (χ1v) is 13.7. The molecular formula is C24H48CuN8Ni2O16+6. The van der Waals surface area contributed by atoms with Crippen molar-refractivity contribution in [3.8, 4) is 0 Å². The van der Waals surface area contributed by atoms with E-state index in [9.17, 15) is 38.4 Å². The molecule has 51 heavy (non-hydrogen) atoms. The van der Waals surface area contributed by atoms with Gasteiger partial charge in [-0.2, -0.15) is 0 Å². The van der Waals surface area contributed by atoms with Gasteiger partial charge in [-0.25, -0.2) is 0 Å². The fourth-order valence-electron chi connectivity index (χ4n) is 2.95. The monoisotopic (exact) mass is 883 g/mol. The maximum Gasteiger partial charge on any atom is 2.00 e. The molecule has 0 saturated heterocycles. The van der Waals surface area contributed by atoms with Crippen molar-refractivity contribution in [1.29, 1.82) is 0 Å². The number of rotatable bonds is 24. The molecule has 0 spiro atoms. The van der Waals surface area contributed by atoms with Gasteiger partial charge in [0.05, 0.1) is 52.4 Å². The average molecular weight is 886 g/mol. The van der Waals surface area contributed by atoms with E-state index in [4.69, 9.17) is 63.8 Å². The van der Waals surface area contributed by atoms with Crippen LogP contribution in [0.4, 0.5) is 0 Å². The second-order valence-corrected chi connectivity index (χ2v) is 9.15. The molecule has 0 fully saturated rings. The van der Waals surface area contributed by atoms with E-state index in [0.29, 0.717) is 26.2 Å². The van der Waals surface area contributed by atoms with E-state index < -0.39 is 100 Å². The Morgan fingerprint density at radius 3 is 0.471 bits per heavy atom. The van der Waals surface area contributed by atoms with Crippen LogP contribution < -0.4 is 22.9 Å². The number of hydrogen-bond donors (Lipinski definition) is 12. The Bertz CT molecular complexity index is 791. The topological polar surface area (TPSA) is 415 Å². The normalized spacial score (nSPS) is 9.57. The molecule has 16 N–H and O–H groups in total. The van der Waals surface area contributed by atoms with Crippen LogP contribution in [-0.2, 0) is 88.4 Å². The standard InChI is InChI=1S/2C10H16N2O8.2C2H8N2.Cu.2Ni/c2*13-7(14)3-11(4-8(15)16)1-2-12(5-9(17)18)6-10(19)20;2*3-1-2-4;;;/h2*1-6H2,(H,13,14)(H,15,16)(H,17,18)(H,19,20);2*1-4H2;;;/q;;;;3*+2. The Morgan fingerprint density at radius 1 is 0.314 bits per heavy atom. The molecule has 27 heteroatoms. The van der Waals surface area contributed by atoms with E-state index in [1.54, 1.807) is 0 Å². The minimum absolute atomic E-state index is 0. The number of hydrogen-bond acceptors (Lipinski definition) is 16. The van der Waals surface area contributed by atoms with Crippen molar-refractivity contribution in [2.45, 2.75) is 0 Å². The van der Waals surface area contributed by atoms with Gasteiger partial charge in [0.2, 0.25) is 0 Å². The summed E-state index contributed by atoms with van der Waals surface area (Å²) in [5, 5.41) is 68.9. The summed E-state index contributed by atoms with van der Waals surface area (Å²) >= 11 is 0. The quantitative estimate of drug-likeness (QED) is 0.0401. The molecule has 0 heterocycles. The third-order valence-corrected chi connectivity index (χ3v) is 4.67. The summed E-state index contributed by atoms with van der Waals surface area (Å²) in [5.41, 5.74) is 19.6. The Kier molecular flexibility index (Phi) is 51.1. The van der Waals surface area contributed by atoms with Gasteiger partial charge in [-0.15, -0.1) is 0 Å². The number of carbonyl (C=O) groups is 8. The zero-order valence-corrected chi connectivity index (χ0v) is 30.1. The molecule has 0 rings (SSSR count). The molecule has 0 aliphatic heterocycles. The number of carboxylic acid groups (broad SMARTS) is 8. The summed E-state index contributed by atoms with van der Waals surface area (Å²) in [6, 6.07) is 0. The van der Waals surface area contributed by atoms with Crippen LogP contribution in [0.2, 0.25) is 0 Å². The van der Waals surface area contributed by atoms with Crippen molar-refractivity contribution < 1.29 is 129 Å². The fraction of sp³-hybridized carbons (Fsp3) is 0.667. The molecular weight excluding hydrogens is 837 g/mol. The molecule has 24 nitrogen and oxygen atoms in total. The largest absolute Gasteiger partial charge is 2.00 e. The summed E-state index contributed by atoms with van der Waals surface area (Å²) in [7, 11) is 0.